The quantitative estimate of drug-likeness (QED) is 0.512. The Morgan fingerprint density at radius 1 is 1.19 bits per heavy atom. The van der Waals surface area contributed by atoms with Crippen molar-refractivity contribution >= 4 is 5.97 Å². The summed E-state index contributed by atoms with van der Waals surface area (Å²) in [4.78, 5) is 13.6. The number of aliphatic hydroxyl groups is 1. The van der Waals surface area contributed by atoms with Crippen molar-refractivity contribution in [2.75, 3.05) is 46.6 Å². The molecule has 0 fully saturated rings. The highest BCUT2D eigenvalue weighted by Crippen LogP contribution is 2.17. The van der Waals surface area contributed by atoms with Crippen molar-refractivity contribution < 1.29 is 24.1 Å². The van der Waals surface area contributed by atoms with Crippen molar-refractivity contribution in [3.8, 4) is 11.5 Å². The van der Waals surface area contributed by atoms with E-state index in [0.717, 1.165) is 5.75 Å². The molecule has 1 aromatic rings. The van der Waals surface area contributed by atoms with Crippen LogP contribution in [0.4, 0.5) is 0 Å². The van der Waals surface area contributed by atoms with Gasteiger partial charge in [-0.3, -0.25) is 9.69 Å². The lowest BCUT2D eigenvalue weighted by Crippen LogP contribution is -2.36. The van der Waals surface area contributed by atoms with Gasteiger partial charge in [0.05, 0.1) is 26.4 Å². The fraction of sp³-hybridized carbons (Fsp3) is 0.533. The van der Waals surface area contributed by atoms with Gasteiger partial charge in [-0.25, -0.2) is 0 Å². The van der Waals surface area contributed by atoms with Crippen molar-refractivity contribution in [3.63, 3.8) is 0 Å². The average molecular weight is 297 g/mol. The number of aliphatic hydroxyl groups excluding tert-OH is 1. The van der Waals surface area contributed by atoms with Crippen LogP contribution < -0.4 is 9.47 Å². The first-order valence-corrected chi connectivity index (χ1v) is 6.95. The van der Waals surface area contributed by atoms with Gasteiger partial charge in [-0.15, -0.1) is 0 Å². The molecule has 0 unspecified atom stereocenters. The van der Waals surface area contributed by atoms with Crippen molar-refractivity contribution in [1.29, 1.82) is 0 Å². The summed E-state index contributed by atoms with van der Waals surface area (Å²) in [6, 6.07) is 6.88. The Balaban J connectivity index is 2.46. The van der Waals surface area contributed by atoms with Crippen LogP contribution in [0.15, 0.2) is 24.3 Å². The van der Waals surface area contributed by atoms with Gasteiger partial charge >= 0.3 is 5.97 Å². The molecular formula is C15H23NO5. The van der Waals surface area contributed by atoms with Gasteiger partial charge in [0.1, 0.15) is 11.5 Å². The molecule has 118 valence electrons. The van der Waals surface area contributed by atoms with E-state index in [-0.39, 0.29) is 19.1 Å². The highest BCUT2D eigenvalue weighted by molar-refractivity contribution is 5.74. The molecule has 0 aliphatic heterocycles. The largest absolute Gasteiger partial charge is 0.494 e. The van der Waals surface area contributed by atoms with Crippen LogP contribution >= 0.6 is 0 Å². The summed E-state index contributed by atoms with van der Waals surface area (Å²) in [6.07, 6.45) is 0. The molecule has 0 aliphatic rings. The van der Waals surface area contributed by atoms with E-state index < -0.39 is 0 Å². The maximum atomic E-state index is 11.9. The maximum absolute atomic E-state index is 11.9. The van der Waals surface area contributed by atoms with Gasteiger partial charge in [0.25, 0.3) is 0 Å². The number of carbonyl (C=O) groups is 1. The third-order valence-electron chi connectivity index (χ3n) is 2.75. The van der Waals surface area contributed by atoms with Gasteiger partial charge in [-0.2, -0.15) is 0 Å². The first-order chi connectivity index (χ1) is 10.2. The number of benzene rings is 1. The Bertz CT molecular complexity index is 407. The van der Waals surface area contributed by atoms with Gasteiger partial charge in [0.2, 0.25) is 0 Å². The Morgan fingerprint density at radius 3 is 2.43 bits per heavy atom. The molecule has 0 atom stereocenters. The first-order valence-electron chi connectivity index (χ1n) is 6.95. The normalized spacial score (nSPS) is 10.7. The molecule has 21 heavy (non-hydrogen) atoms. The van der Waals surface area contributed by atoms with Crippen LogP contribution in [-0.2, 0) is 9.53 Å². The van der Waals surface area contributed by atoms with Gasteiger partial charge in [-0.1, -0.05) is 0 Å². The summed E-state index contributed by atoms with van der Waals surface area (Å²) in [7, 11) is 1.59. The zero-order valence-corrected chi connectivity index (χ0v) is 12.6. The minimum atomic E-state index is -0.372. The summed E-state index contributed by atoms with van der Waals surface area (Å²) in [5.74, 6) is 0.835. The predicted molar refractivity (Wildman–Crippen MR) is 78.6 cm³/mol. The Hall–Kier alpha value is -1.63. The molecule has 6 heteroatoms. The van der Waals surface area contributed by atoms with Crippen LogP contribution in [0.2, 0.25) is 0 Å². The summed E-state index contributed by atoms with van der Waals surface area (Å²) >= 11 is 0. The third-order valence-corrected chi connectivity index (χ3v) is 2.75. The van der Waals surface area contributed by atoms with E-state index in [9.17, 15) is 4.79 Å². The fourth-order valence-corrected chi connectivity index (χ4v) is 1.75. The zero-order chi connectivity index (χ0) is 15.5. The first kappa shape index (κ1) is 17.4. The molecule has 1 aromatic carbocycles. The van der Waals surface area contributed by atoms with Crippen molar-refractivity contribution in [2.24, 2.45) is 0 Å². The zero-order valence-electron chi connectivity index (χ0n) is 12.6. The van der Waals surface area contributed by atoms with Crippen LogP contribution in [-0.4, -0.2) is 62.5 Å². The summed E-state index contributed by atoms with van der Waals surface area (Å²) < 4.78 is 15.5. The van der Waals surface area contributed by atoms with Crippen LogP contribution in [0.25, 0.3) is 0 Å². The molecule has 0 saturated heterocycles. The van der Waals surface area contributed by atoms with Crippen LogP contribution in [0.5, 0.6) is 11.5 Å². The molecule has 6 nitrogen and oxygen atoms in total. The summed E-state index contributed by atoms with van der Waals surface area (Å²) in [6.45, 7) is 4.06. The number of methoxy groups -OCH3 is 1. The van der Waals surface area contributed by atoms with E-state index >= 15 is 0 Å². The number of ether oxygens (including phenoxy) is 3. The smallest absolute Gasteiger partial charge is 0.325 e. The van der Waals surface area contributed by atoms with Crippen LogP contribution in [0.1, 0.15) is 6.92 Å². The van der Waals surface area contributed by atoms with Crippen molar-refractivity contribution in [2.45, 2.75) is 6.92 Å². The monoisotopic (exact) mass is 297 g/mol. The topological polar surface area (TPSA) is 68.2 Å². The van der Waals surface area contributed by atoms with Gasteiger partial charge in [0.15, 0.2) is 0 Å². The Morgan fingerprint density at radius 2 is 1.86 bits per heavy atom. The number of esters is 1. The molecule has 0 radical (unpaired) electrons. The maximum Gasteiger partial charge on any atom is 0.325 e. The number of nitrogens with zero attached hydrogens (tertiary/aromatic N) is 1. The summed E-state index contributed by atoms with van der Waals surface area (Å²) in [5.41, 5.74) is 0. The van der Waals surface area contributed by atoms with E-state index in [1.165, 1.54) is 0 Å². The predicted octanol–water partition coefficient (Wildman–Crippen LogP) is 0.931. The third kappa shape index (κ3) is 7.08. The van der Waals surface area contributed by atoms with Gasteiger partial charge in [0, 0.05) is 20.2 Å². The molecular weight excluding hydrogens is 274 g/mol. The molecule has 0 amide bonds. The molecule has 1 N–H and O–H groups in total. The van der Waals surface area contributed by atoms with Crippen molar-refractivity contribution in [3.05, 3.63) is 24.3 Å². The number of hydrogen-bond acceptors (Lipinski definition) is 6. The lowest BCUT2D eigenvalue weighted by atomic mass is 10.3. The van der Waals surface area contributed by atoms with E-state index in [2.05, 4.69) is 0 Å². The van der Waals surface area contributed by atoms with E-state index in [0.29, 0.717) is 32.1 Å². The second-order valence-electron chi connectivity index (χ2n) is 4.37. The molecule has 0 aliphatic carbocycles. The van der Waals surface area contributed by atoms with E-state index in [1.54, 1.807) is 36.3 Å². The summed E-state index contributed by atoms with van der Waals surface area (Å²) in [5, 5.41) is 8.97. The van der Waals surface area contributed by atoms with Gasteiger partial charge in [-0.05, 0) is 31.2 Å². The number of hydrogen-bond donors (Lipinski definition) is 1. The number of carbonyl (C=O) groups excluding carboxylic acids is 1. The standard InChI is InChI=1S/C15H23NO5/c1-3-20-13-4-6-14(7-5-13)21-15(18)12-16(8-10-17)9-11-19-2/h4-7,17H,3,8-12H2,1-2H3. The molecule has 1 rings (SSSR count). The lowest BCUT2D eigenvalue weighted by molar-refractivity contribution is -0.135. The second-order valence-corrected chi connectivity index (χ2v) is 4.37. The Kier molecular flexibility index (Phi) is 8.42. The molecule has 0 heterocycles. The van der Waals surface area contributed by atoms with Crippen molar-refractivity contribution in [1.82, 2.24) is 4.90 Å². The minimum absolute atomic E-state index is 0.0138. The highest BCUT2D eigenvalue weighted by atomic mass is 16.5. The van der Waals surface area contributed by atoms with Crippen LogP contribution in [0.3, 0.4) is 0 Å². The second kappa shape index (κ2) is 10.1. The minimum Gasteiger partial charge on any atom is -0.494 e. The molecule has 0 saturated carbocycles. The number of rotatable bonds is 10. The molecule has 0 spiro atoms. The lowest BCUT2D eigenvalue weighted by Gasteiger charge is -2.19. The SMILES string of the molecule is CCOc1ccc(OC(=O)CN(CCO)CCOC)cc1. The van der Waals surface area contributed by atoms with Crippen LogP contribution in [0, 0.1) is 0 Å². The van der Waals surface area contributed by atoms with E-state index in [4.69, 9.17) is 19.3 Å². The molecule has 0 aromatic heterocycles. The average Bonchev–Trinajstić information content (AvgIpc) is 2.47. The molecule has 0 bridgehead atoms. The van der Waals surface area contributed by atoms with Gasteiger partial charge < -0.3 is 19.3 Å². The van der Waals surface area contributed by atoms with E-state index in [1.807, 2.05) is 6.92 Å². The highest BCUT2D eigenvalue weighted by Gasteiger charge is 2.12. The Labute approximate surface area is 125 Å². The fourth-order valence-electron chi connectivity index (χ4n) is 1.75.